The molecule has 1 aromatic heterocycles. The van der Waals surface area contributed by atoms with E-state index in [9.17, 15) is 4.39 Å². The molecular formula is C20H19FN2O3. The highest BCUT2D eigenvalue weighted by atomic mass is 19.1. The first-order valence-corrected chi connectivity index (χ1v) is 8.11. The normalized spacial score (nSPS) is 10.4. The zero-order valence-corrected chi connectivity index (χ0v) is 14.3. The third kappa shape index (κ3) is 5.19. The highest BCUT2D eigenvalue weighted by molar-refractivity contribution is 5.58. The smallest absolute Gasteiger partial charge is 0.145 e. The molecule has 0 spiro atoms. The Labute approximate surface area is 151 Å². The van der Waals surface area contributed by atoms with Crippen molar-refractivity contribution in [3.05, 3.63) is 72.7 Å². The fourth-order valence-electron chi connectivity index (χ4n) is 2.21. The minimum absolute atomic E-state index is 0.302. The summed E-state index contributed by atoms with van der Waals surface area (Å²) in [5.74, 6) is 2.24. The Bertz CT molecular complexity index is 823. The molecule has 0 amide bonds. The molecule has 0 saturated carbocycles. The van der Waals surface area contributed by atoms with Gasteiger partial charge in [0.15, 0.2) is 0 Å². The van der Waals surface area contributed by atoms with Crippen molar-refractivity contribution in [2.24, 2.45) is 0 Å². The zero-order chi connectivity index (χ0) is 18.2. The predicted molar refractivity (Wildman–Crippen MR) is 97.8 cm³/mol. The van der Waals surface area contributed by atoms with Gasteiger partial charge in [-0.15, -0.1) is 0 Å². The number of nitrogens with zero attached hydrogens (tertiary/aromatic N) is 1. The molecule has 6 heteroatoms. The molecule has 3 rings (SSSR count). The van der Waals surface area contributed by atoms with Gasteiger partial charge in [-0.2, -0.15) is 0 Å². The van der Waals surface area contributed by atoms with Crippen LogP contribution in [0.25, 0.3) is 0 Å². The molecule has 5 nitrogen and oxygen atoms in total. The van der Waals surface area contributed by atoms with Gasteiger partial charge in [0.1, 0.15) is 35.5 Å². The highest BCUT2D eigenvalue weighted by Crippen LogP contribution is 2.24. The second kappa shape index (κ2) is 8.82. The summed E-state index contributed by atoms with van der Waals surface area (Å²) in [6, 6.07) is 17.0. The van der Waals surface area contributed by atoms with Crippen LogP contribution in [-0.4, -0.2) is 25.3 Å². The van der Waals surface area contributed by atoms with Gasteiger partial charge in [-0.1, -0.05) is 6.07 Å². The van der Waals surface area contributed by atoms with E-state index < -0.39 is 0 Å². The van der Waals surface area contributed by atoms with Crippen molar-refractivity contribution >= 4 is 11.5 Å². The summed E-state index contributed by atoms with van der Waals surface area (Å²) in [4.78, 5) is 4.32. The van der Waals surface area contributed by atoms with E-state index in [1.165, 1.54) is 12.1 Å². The monoisotopic (exact) mass is 354 g/mol. The number of pyridine rings is 1. The largest absolute Gasteiger partial charge is 0.491 e. The van der Waals surface area contributed by atoms with Crippen molar-refractivity contribution in [1.82, 2.24) is 4.98 Å². The van der Waals surface area contributed by atoms with Crippen molar-refractivity contribution in [2.75, 3.05) is 25.6 Å². The first-order valence-electron chi connectivity index (χ1n) is 8.11. The average molecular weight is 354 g/mol. The number of hydrogen-bond donors (Lipinski definition) is 1. The van der Waals surface area contributed by atoms with Crippen LogP contribution in [0.3, 0.4) is 0 Å². The van der Waals surface area contributed by atoms with E-state index in [-0.39, 0.29) is 5.82 Å². The summed E-state index contributed by atoms with van der Waals surface area (Å²) in [5.41, 5.74) is 0.861. The number of benzene rings is 2. The molecule has 0 bridgehead atoms. The molecule has 0 unspecified atom stereocenters. The lowest BCUT2D eigenvalue weighted by Gasteiger charge is -2.10. The van der Waals surface area contributed by atoms with Gasteiger partial charge in [0.25, 0.3) is 0 Å². The molecule has 2 aromatic carbocycles. The predicted octanol–water partition coefficient (Wildman–Crippen LogP) is 4.78. The summed E-state index contributed by atoms with van der Waals surface area (Å²) in [6.07, 6.45) is 1.60. The summed E-state index contributed by atoms with van der Waals surface area (Å²) in [6.45, 7) is 1.03. The van der Waals surface area contributed by atoms with E-state index in [1.54, 1.807) is 37.6 Å². The molecule has 0 aliphatic rings. The topological polar surface area (TPSA) is 52.6 Å². The molecule has 134 valence electrons. The number of rotatable bonds is 8. The SMILES string of the molecule is COCCOc1cccc(Nc2ccc(Oc3ccc(F)cc3)cn2)c1. The Kier molecular flexibility index (Phi) is 6.01. The van der Waals surface area contributed by atoms with E-state index in [0.29, 0.717) is 30.5 Å². The Morgan fingerprint density at radius 1 is 0.923 bits per heavy atom. The average Bonchev–Trinajstić information content (AvgIpc) is 2.66. The summed E-state index contributed by atoms with van der Waals surface area (Å²) < 4.78 is 29.1. The number of methoxy groups -OCH3 is 1. The van der Waals surface area contributed by atoms with Gasteiger partial charge < -0.3 is 19.5 Å². The number of anilines is 2. The molecule has 0 atom stereocenters. The maximum absolute atomic E-state index is 12.9. The van der Waals surface area contributed by atoms with Gasteiger partial charge in [-0.05, 0) is 48.5 Å². The molecule has 1 N–H and O–H groups in total. The number of ether oxygens (including phenoxy) is 3. The number of hydrogen-bond acceptors (Lipinski definition) is 5. The first kappa shape index (κ1) is 17.7. The van der Waals surface area contributed by atoms with Gasteiger partial charge in [0.2, 0.25) is 0 Å². The van der Waals surface area contributed by atoms with Crippen LogP contribution in [0.4, 0.5) is 15.9 Å². The Hall–Kier alpha value is -3.12. The number of nitrogens with one attached hydrogen (secondary N) is 1. The number of aromatic nitrogens is 1. The maximum Gasteiger partial charge on any atom is 0.145 e. The Morgan fingerprint density at radius 2 is 1.73 bits per heavy atom. The second-order valence-corrected chi connectivity index (χ2v) is 5.43. The van der Waals surface area contributed by atoms with Crippen LogP contribution >= 0.6 is 0 Å². The minimum Gasteiger partial charge on any atom is -0.491 e. The fourth-order valence-corrected chi connectivity index (χ4v) is 2.21. The lowest BCUT2D eigenvalue weighted by molar-refractivity contribution is 0.146. The lowest BCUT2D eigenvalue weighted by atomic mass is 10.3. The third-order valence-corrected chi connectivity index (χ3v) is 3.45. The van der Waals surface area contributed by atoms with Crippen LogP contribution in [0.1, 0.15) is 0 Å². The van der Waals surface area contributed by atoms with E-state index in [0.717, 1.165) is 11.4 Å². The first-order chi connectivity index (χ1) is 12.7. The van der Waals surface area contributed by atoms with Gasteiger partial charge in [0.05, 0.1) is 12.8 Å². The molecule has 3 aromatic rings. The van der Waals surface area contributed by atoms with Crippen LogP contribution in [-0.2, 0) is 4.74 Å². The molecule has 0 radical (unpaired) electrons. The van der Waals surface area contributed by atoms with Crippen LogP contribution in [0.5, 0.6) is 17.2 Å². The van der Waals surface area contributed by atoms with Gasteiger partial charge in [-0.3, -0.25) is 0 Å². The molecule has 0 aliphatic carbocycles. The fraction of sp³-hybridized carbons (Fsp3) is 0.150. The molecule has 1 heterocycles. The summed E-state index contributed by atoms with van der Waals surface area (Å²) in [7, 11) is 1.64. The highest BCUT2D eigenvalue weighted by Gasteiger charge is 2.02. The van der Waals surface area contributed by atoms with Gasteiger partial charge >= 0.3 is 0 Å². The van der Waals surface area contributed by atoms with E-state index in [1.807, 2.05) is 24.3 Å². The maximum atomic E-state index is 12.9. The van der Waals surface area contributed by atoms with Crippen molar-refractivity contribution in [2.45, 2.75) is 0 Å². The quantitative estimate of drug-likeness (QED) is 0.590. The summed E-state index contributed by atoms with van der Waals surface area (Å²) >= 11 is 0. The van der Waals surface area contributed by atoms with Crippen LogP contribution in [0.15, 0.2) is 66.9 Å². The minimum atomic E-state index is -0.302. The second-order valence-electron chi connectivity index (χ2n) is 5.43. The van der Waals surface area contributed by atoms with Crippen molar-refractivity contribution < 1.29 is 18.6 Å². The summed E-state index contributed by atoms with van der Waals surface area (Å²) in [5, 5.41) is 3.21. The standard InChI is InChI=1S/C20H19FN2O3/c1-24-11-12-25-18-4-2-3-16(13-18)23-20-10-9-19(14-22-20)26-17-7-5-15(21)6-8-17/h2-10,13-14H,11-12H2,1H3,(H,22,23). The third-order valence-electron chi connectivity index (χ3n) is 3.45. The van der Waals surface area contributed by atoms with Gasteiger partial charge in [0, 0.05) is 18.9 Å². The lowest BCUT2D eigenvalue weighted by Crippen LogP contribution is -2.04. The Balaban J connectivity index is 1.60. The van der Waals surface area contributed by atoms with Crippen molar-refractivity contribution in [1.29, 1.82) is 0 Å². The molecule has 0 aliphatic heterocycles. The van der Waals surface area contributed by atoms with E-state index >= 15 is 0 Å². The van der Waals surface area contributed by atoms with E-state index in [4.69, 9.17) is 14.2 Å². The van der Waals surface area contributed by atoms with E-state index in [2.05, 4.69) is 10.3 Å². The number of halogens is 1. The van der Waals surface area contributed by atoms with Gasteiger partial charge in [-0.25, -0.2) is 9.37 Å². The van der Waals surface area contributed by atoms with Crippen molar-refractivity contribution in [3.8, 4) is 17.2 Å². The molecule has 26 heavy (non-hydrogen) atoms. The van der Waals surface area contributed by atoms with Crippen LogP contribution < -0.4 is 14.8 Å². The Morgan fingerprint density at radius 3 is 2.46 bits per heavy atom. The van der Waals surface area contributed by atoms with Crippen molar-refractivity contribution in [3.63, 3.8) is 0 Å². The molecule has 0 saturated heterocycles. The molecule has 0 fully saturated rings. The van der Waals surface area contributed by atoms with Crippen LogP contribution in [0, 0.1) is 5.82 Å². The molecular weight excluding hydrogens is 335 g/mol. The zero-order valence-electron chi connectivity index (χ0n) is 14.3. The van der Waals surface area contributed by atoms with Crippen LogP contribution in [0.2, 0.25) is 0 Å².